The molecular weight excluding hydrogens is 270 g/mol. The van der Waals surface area contributed by atoms with Crippen LogP contribution in [-0.4, -0.2) is 30.1 Å². The SMILES string of the molecule is COC(=O)c1cc(NC(=O)N[C@H]2C[C@@H]2C)cc2[nH]ccc12. The summed E-state index contributed by atoms with van der Waals surface area (Å²) >= 11 is 0. The molecule has 2 amide bonds. The van der Waals surface area contributed by atoms with Crippen molar-refractivity contribution in [3.05, 3.63) is 30.0 Å². The van der Waals surface area contributed by atoms with Crippen LogP contribution in [0, 0.1) is 5.92 Å². The Labute approximate surface area is 121 Å². The van der Waals surface area contributed by atoms with Crippen molar-refractivity contribution < 1.29 is 14.3 Å². The summed E-state index contributed by atoms with van der Waals surface area (Å²) in [6, 6.07) is 5.21. The first-order valence-electron chi connectivity index (χ1n) is 6.85. The molecule has 0 bridgehead atoms. The van der Waals surface area contributed by atoms with Crippen molar-refractivity contribution >= 4 is 28.6 Å². The van der Waals surface area contributed by atoms with Crippen molar-refractivity contribution in [1.82, 2.24) is 10.3 Å². The van der Waals surface area contributed by atoms with Crippen LogP contribution in [0.2, 0.25) is 0 Å². The zero-order chi connectivity index (χ0) is 15.0. The van der Waals surface area contributed by atoms with Crippen molar-refractivity contribution in [3.63, 3.8) is 0 Å². The van der Waals surface area contributed by atoms with Gasteiger partial charge in [0.25, 0.3) is 0 Å². The number of carbonyl (C=O) groups is 2. The van der Waals surface area contributed by atoms with Gasteiger partial charge in [0.05, 0.1) is 12.7 Å². The van der Waals surface area contributed by atoms with Crippen LogP contribution in [0.15, 0.2) is 24.4 Å². The molecule has 6 nitrogen and oxygen atoms in total. The summed E-state index contributed by atoms with van der Waals surface area (Å²) in [6.07, 6.45) is 2.75. The van der Waals surface area contributed by atoms with Crippen molar-refractivity contribution in [3.8, 4) is 0 Å². The van der Waals surface area contributed by atoms with E-state index in [1.54, 1.807) is 24.4 Å². The average molecular weight is 287 g/mol. The lowest BCUT2D eigenvalue weighted by atomic mass is 10.1. The van der Waals surface area contributed by atoms with Gasteiger partial charge in [0.15, 0.2) is 0 Å². The summed E-state index contributed by atoms with van der Waals surface area (Å²) in [5.74, 6) is 0.103. The average Bonchev–Trinajstić information content (AvgIpc) is 2.95. The highest BCUT2D eigenvalue weighted by Crippen LogP contribution is 2.29. The van der Waals surface area contributed by atoms with E-state index in [-0.39, 0.29) is 12.1 Å². The number of hydrogen-bond donors (Lipinski definition) is 3. The zero-order valence-electron chi connectivity index (χ0n) is 11.9. The molecule has 3 rings (SSSR count). The molecule has 21 heavy (non-hydrogen) atoms. The van der Waals surface area contributed by atoms with Gasteiger partial charge >= 0.3 is 12.0 Å². The third-order valence-corrected chi connectivity index (χ3v) is 3.76. The standard InChI is InChI=1S/C15H17N3O3/c1-8-5-12(8)18-15(20)17-9-6-11(14(19)21-2)10-3-4-16-13(10)7-9/h3-4,6-8,12,16H,5H2,1-2H3,(H2,17,18,20)/t8-,12-/m0/s1. The van der Waals surface area contributed by atoms with Crippen LogP contribution in [-0.2, 0) is 4.74 Å². The highest BCUT2D eigenvalue weighted by atomic mass is 16.5. The third kappa shape index (κ3) is 2.69. The fourth-order valence-corrected chi connectivity index (χ4v) is 2.38. The van der Waals surface area contributed by atoms with E-state index in [4.69, 9.17) is 4.74 Å². The molecule has 3 N–H and O–H groups in total. The Hall–Kier alpha value is -2.50. The van der Waals surface area contributed by atoms with Crippen LogP contribution in [0.25, 0.3) is 10.9 Å². The normalized spacial score (nSPS) is 20.1. The van der Waals surface area contributed by atoms with Gasteiger partial charge in [0.2, 0.25) is 0 Å². The number of fused-ring (bicyclic) bond motifs is 1. The zero-order valence-corrected chi connectivity index (χ0v) is 11.9. The van der Waals surface area contributed by atoms with E-state index >= 15 is 0 Å². The quantitative estimate of drug-likeness (QED) is 0.758. The number of nitrogens with one attached hydrogen (secondary N) is 3. The maximum Gasteiger partial charge on any atom is 0.338 e. The molecule has 1 aliphatic carbocycles. The number of esters is 1. The number of amides is 2. The summed E-state index contributed by atoms with van der Waals surface area (Å²) in [5, 5.41) is 6.40. The predicted molar refractivity (Wildman–Crippen MR) is 79.4 cm³/mol. The lowest BCUT2D eigenvalue weighted by molar-refractivity contribution is 0.0603. The number of H-pyrrole nitrogens is 1. The molecule has 2 aromatic rings. The predicted octanol–water partition coefficient (Wildman–Crippen LogP) is 2.48. The first-order chi connectivity index (χ1) is 10.1. The number of aromatic amines is 1. The maximum absolute atomic E-state index is 11.9. The summed E-state index contributed by atoms with van der Waals surface area (Å²) in [5.41, 5.74) is 1.75. The van der Waals surface area contributed by atoms with Crippen molar-refractivity contribution in [2.75, 3.05) is 12.4 Å². The largest absolute Gasteiger partial charge is 0.465 e. The molecule has 1 aromatic carbocycles. The monoisotopic (exact) mass is 287 g/mol. The Bertz CT molecular complexity index is 707. The third-order valence-electron chi connectivity index (χ3n) is 3.76. The van der Waals surface area contributed by atoms with E-state index in [9.17, 15) is 9.59 Å². The molecular formula is C15H17N3O3. The highest BCUT2D eigenvalue weighted by molar-refractivity contribution is 6.06. The second kappa shape index (κ2) is 5.12. The first-order valence-corrected chi connectivity index (χ1v) is 6.85. The Morgan fingerprint density at radius 3 is 2.81 bits per heavy atom. The van der Waals surface area contributed by atoms with Gasteiger partial charge in [-0.3, -0.25) is 0 Å². The summed E-state index contributed by atoms with van der Waals surface area (Å²) in [4.78, 5) is 26.7. The minimum absolute atomic E-state index is 0.249. The van der Waals surface area contributed by atoms with Crippen LogP contribution < -0.4 is 10.6 Å². The van der Waals surface area contributed by atoms with Crippen LogP contribution in [0.5, 0.6) is 0 Å². The molecule has 0 saturated heterocycles. The molecule has 110 valence electrons. The number of aromatic nitrogens is 1. The fourth-order valence-electron chi connectivity index (χ4n) is 2.38. The molecule has 2 atom stereocenters. The van der Waals surface area contributed by atoms with Gasteiger partial charge < -0.3 is 20.4 Å². The maximum atomic E-state index is 11.9. The van der Waals surface area contributed by atoms with Gasteiger partial charge in [-0.25, -0.2) is 9.59 Å². The summed E-state index contributed by atoms with van der Waals surface area (Å²) in [6.45, 7) is 2.09. The minimum Gasteiger partial charge on any atom is -0.465 e. The number of methoxy groups -OCH3 is 1. The number of urea groups is 1. The lowest BCUT2D eigenvalue weighted by Gasteiger charge is -2.09. The summed E-state index contributed by atoms with van der Waals surface area (Å²) < 4.78 is 4.78. The smallest absolute Gasteiger partial charge is 0.338 e. The molecule has 0 unspecified atom stereocenters. The van der Waals surface area contributed by atoms with Gasteiger partial charge in [-0.1, -0.05) is 6.92 Å². The number of anilines is 1. The minimum atomic E-state index is -0.431. The van der Waals surface area contributed by atoms with Gasteiger partial charge in [0, 0.05) is 28.8 Å². The Morgan fingerprint density at radius 1 is 1.38 bits per heavy atom. The molecule has 6 heteroatoms. The second-order valence-electron chi connectivity index (χ2n) is 5.37. The first kappa shape index (κ1) is 13.5. The van der Waals surface area contributed by atoms with E-state index < -0.39 is 5.97 Å². The topological polar surface area (TPSA) is 83.2 Å². The number of hydrogen-bond acceptors (Lipinski definition) is 3. The van der Waals surface area contributed by atoms with Gasteiger partial charge in [0.1, 0.15) is 0 Å². The Morgan fingerprint density at radius 2 is 2.14 bits per heavy atom. The van der Waals surface area contributed by atoms with Crippen molar-refractivity contribution in [1.29, 1.82) is 0 Å². The van der Waals surface area contributed by atoms with Gasteiger partial charge in [-0.2, -0.15) is 0 Å². The molecule has 1 aromatic heterocycles. The van der Waals surface area contributed by atoms with Crippen LogP contribution >= 0.6 is 0 Å². The molecule has 1 fully saturated rings. The van der Waals surface area contributed by atoms with E-state index in [0.29, 0.717) is 17.2 Å². The van der Waals surface area contributed by atoms with Gasteiger partial charge in [-0.05, 0) is 30.5 Å². The molecule has 0 radical (unpaired) electrons. The van der Waals surface area contributed by atoms with Crippen molar-refractivity contribution in [2.24, 2.45) is 5.92 Å². The number of ether oxygens (including phenoxy) is 1. The van der Waals surface area contributed by atoms with E-state index in [0.717, 1.165) is 17.3 Å². The van der Waals surface area contributed by atoms with Crippen molar-refractivity contribution in [2.45, 2.75) is 19.4 Å². The number of rotatable bonds is 3. The van der Waals surface area contributed by atoms with E-state index in [1.165, 1.54) is 7.11 Å². The van der Waals surface area contributed by atoms with E-state index in [2.05, 4.69) is 22.5 Å². The number of carbonyl (C=O) groups excluding carboxylic acids is 2. The lowest BCUT2D eigenvalue weighted by Crippen LogP contribution is -2.31. The molecule has 1 aliphatic rings. The van der Waals surface area contributed by atoms with Gasteiger partial charge in [-0.15, -0.1) is 0 Å². The Balaban J connectivity index is 1.84. The second-order valence-corrected chi connectivity index (χ2v) is 5.37. The fraction of sp³-hybridized carbons (Fsp3) is 0.333. The highest BCUT2D eigenvalue weighted by Gasteiger charge is 2.33. The number of benzene rings is 1. The van der Waals surface area contributed by atoms with E-state index in [1.807, 2.05) is 0 Å². The van der Waals surface area contributed by atoms with Crippen LogP contribution in [0.4, 0.5) is 10.5 Å². The van der Waals surface area contributed by atoms with Crippen LogP contribution in [0.1, 0.15) is 23.7 Å². The Kier molecular flexibility index (Phi) is 3.29. The molecule has 1 heterocycles. The van der Waals surface area contributed by atoms with Crippen LogP contribution in [0.3, 0.4) is 0 Å². The molecule has 1 saturated carbocycles. The molecule has 0 spiro atoms. The molecule has 0 aliphatic heterocycles. The summed E-state index contributed by atoms with van der Waals surface area (Å²) in [7, 11) is 1.34.